The first-order valence-electron chi connectivity index (χ1n) is 17.3. The Morgan fingerprint density at radius 2 is 1.38 bits per heavy atom. The van der Waals surface area contributed by atoms with Crippen molar-refractivity contribution in [3.05, 3.63) is 89.1 Å². The molecule has 0 atom stereocenters. The Hall–Kier alpha value is -6.46. The smallest absolute Gasteiger partial charge is 0.490 e. The second-order valence-corrected chi connectivity index (χ2v) is 13.0. The van der Waals surface area contributed by atoms with Crippen LogP contribution in [0.1, 0.15) is 40.7 Å². The van der Waals surface area contributed by atoms with Crippen molar-refractivity contribution < 1.29 is 78.7 Å². The van der Waals surface area contributed by atoms with Gasteiger partial charge in [-0.05, 0) is 85.5 Å². The van der Waals surface area contributed by atoms with Crippen LogP contribution >= 0.6 is 11.6 Å². The van der Waals surface area contributed by atoms with E-state index in [0.29, 0.717) is 34.9 Å². The number of aryl methyl sites for hydroxylation is 2. The number of carbonyl (C=O) groups excluding carboxylic acids is 1. The minimum Gasteiger partial charge on any atom is -0.493 e. The van der Waals surface area contributed by atoms with Crippen LogP contribution in [0.25, 0.3) is 0 Å². The average Bonchev–Trinajstić information content (AvgIpc) is 3.19. The Morgan fingerprint density at radius 3 is 1.93 bits per heavy atom. The number of carbonyl (C=O) groups is 4. The van der Waals surface area contributed by atoms with E-state index in [4.69, 9.17) is 46.0 Å². The maximum absolute atomic E-state index is 12.7. The summed E-state index contributed by atoms with van der Waals surface area (Å²) in [6, 6.07) is 11.8. The van der Waals surface area contributed by atoms with Crippen molar-refractivity contribution in [1.82, 2.24) is 24.8 Å². The molecule has 5 N–H and O–H groups in total. The Labute approximate surface area is 343 Å². The molecule has 2 aliphatic heterocycles. The third-order valence-corrected chi connectivity index (χ3v) is 8.40. The van der Waals surface area contributed by atoms with Crippen LogP contribution in [0.3, 0.4) is 0 Å². The molecule has 0 saturated carbocycles. The monoisotopic (exact) mass is 897 g/mol. The zero-order valence-electron chi connectivity index (χ0n) is 31.0. The van der Waals surface area contributed by atoms with Gasteiger partial charge in [0.25, 0.3) is 5.91 Å². The Balaban J connectivity index is 0.000000390. The van der Waals surface area contributed by atoms with Gasteiger partial charge in [0.15, 0.2) is 5.82 Å². The number of nitrogens with zero attached hydrogens (tertiary/aromatic N) is 5. The third-order valence-electron chi connectivity index (χ3n) is 8.12. The van der Waals surface area contributed by atoms with Crippen LogP contribution in [0.15, 0.2) is 67.4 Å². The fourth-order valence-electron chi connectivity index (χ4n) is 5.18. The lowest BCUT2D eigenvalue weighted by Crippen LogP contribution is -2.38. The lowest BCUT2D eigenvalue weighted by molar-refractivity contribution is -0.193. The number of aromatic nitrogens is 4. The molecule has 3 aromatic heterocycles. The van der Waals surface area contributed by atoms with Crippen LogP contribution in [-0.2, 0) is 27.2 Å². The highest BCUT2D eigenvalue weighted by Crippen LogP contribution is 2.31. The molecule has 2 aliphatic rings. The van der Waals surface area contributed by atoms with Gasteiger partial charge in [-0.25, -0.2) is 19.4 Å². The number of nitrogens with one attached hydrogen (secondary N) is 2. The molecule has 5 heterocycles. The number of rotatable bonds is 5. The van der Waals surface area contributed by atoms with Crippen LogP contribution < -0.4 is 15.4 Å². The van der Waals surface area contributed by atoms with Crippen molar-refractivity contribution in [3.63, 3.8) is 0 Å². The van der Waals surface area contributed by atoms with Crippen molar-refractivity contribution in [3.8, 4) is 5.75 Å². The molecule has 1 saturated heterocycles. The normalized spacial score (nSPS) is 13.8. The van der Waals surface area contributed by atoms with Crippen LogP contribution in [0.5, 0.6) is 5.75 Å². The van der Waals surface area contributed by atoms with Crippen LogP contribution in [0.2, 0.25) is 5.02 Å². The summed E-state index contributed by atoms with van der Waals surface area (Å²) in [6.07, 6.45) is -2.21. The van der Waals surface area contributed by atoms with Gasteiger partial charge in [-0.15, -0.1) is 0 Å². The average molecular weight is 898 g/mol. The molecule has 6 bridgehead atoms. The highest BCUT2D eigenvalue weighted by atomic mass is 35.5. The molecule has 330 valence electrons. The second-order valence-electron chi connectivity index (χ2n) is 12.6. The summed E-state index contributed by atoms with van der Waals surface area (Å²) in [5, 5.41) is 28.3. The Bertz CT molecular complexity index is 2060. The first-order valence-corrected chi connectivity index (χ1v) is 17.7. The summed E-state index contributed by atoms with van der Waals surface area (Å²) in [7, 11) is 0. The van der Waals surface area contributed by atoms with Gasteiger partial charge in [-0.2, -0.15) is 44.5 Å². The van der Waals surface area contributed by atoms with Gasteiger partial charge in [0, 0.05) is 37.4 Å². The zero-order chi connectivity index (χ0) is 45.5. The summed E-state index contributed by atoms with van der Waals surface area (Å²) in [6.45, 7) is 2.15. The van der Waals surface area contributed by atoms with E-state index in [9.17, 15) is 44.3 Å². The molecule has 0 spiro atoms. The molecule has 61 heavy (non-hydrogen) atoms. The lowest BCUT2D eigenvalue weighted by Gasteiger charge is -2.32. The number of ether oxygens (including phenoxy) is 1. The van der Waals surface area contributed by atoms with E-state index in [2.05, 4.69) is 42.7 Å². The SMILES string of the molecule is O=C(O)C(F)(F)F.O=C(O)C(F)(F)F.O=C(O)C(F)(F)F.O=C(c1cccnc1)N1CCC(CCOc2ccc3cc2CCc2cncc(c2)Nc2ncc(Cl)c(n2)N3)CC1. The van der Waals surface area contributed by atoms with Crippen LogP contribution in [-0.4, -0.2) is 102 Å². The molecule has 6 rings (SSSR count). The second kappa shape index (κ2) is 21.7. The Kier molecular flexibility index (Phi) is 17.4. The minimum absolute atomic E-state index is 0.0625. The number of piperidine rings is 1. The number of hydrogen-bond acceptors (Lipinski definition) is 11. The number of aliphatic carboxylic acids is 3. The lowest BCUT2D eigenvalue weighted by atomic mass is 9.93. The predicted octanol–water partition coefficient (Wildman–Crippen LogP) is 7.73. The van der Waals surface area contributed by atoms with Gasteiger partial charge < -0.3 is 35.6 Å². The van der Waals surface area contributed by atoms with E-state index in [-0.39, 0.29) is 5.91 Å². The number of alkyl halides is 9. The molecule has 1 fully saturated rings. The molecule has 0 unspecified atom stereocenters. The number of hydrogen-bond donors (Lipinski definition) is 5. The van der Waals surface area contributed by atoms with Crippen molar-refractivity contribution in [1.29, 1.82) is 0 Å². The minimum atomic E-state index is -5.08. The molecule has 1 amide bonds. The van der Waals surface area contributed by atoms with E-state index < -0.39 is 36.4 Å². The molecule has 25 heteroatoms. The number of fused-ring (bicyclic) bond motifs is 6. The molecule has 15 nitrogen and oxygen atoms in total. The molecule has 4 aromatic rings. The summed E-state index contributed by atoms with van der Waals surface area (Å²) in [4.78, 5) is 58.6. The summed E-state index contributed by atoms with van der Waals surface area (Å²) >= 11 is 6.39. The number of carboxylic acids is 3. The predicted molar refractivity (Wildman–Crippen MR) is 196 cm³/mol. The molecular formula is C36H33ClF9N7O8. The fraction of sp³-hybridized carbons (Fsp3) is 0.333. The number of halogens is 10. The first kappa shape index (κ1) is 48.9. The number of likely N-dealkylation sites (tertiary alicyclic amines) is 1. The van der Waals surface area contributed by atoms with Crippen molar-refractivity contribution in [2.45, 2.75) is 50.6 Å². The van der Waals surface area contributed by atoms with Crippen molar-refractivity contribution >= 4 is 58.6 Å². The number of pyridine rings is 2. The van der Waals surface area contributed by atoms with E-state index >= 15 is 0 Å². The van der Waals surface area contributed by atoms with Crippen LogP contribution in [0.4, 0.5) is 62.7 Å². The van der Waals surface area contributed by atoms with Gasteiger partial charge in [0.05, 0.1) is 30.3 Å². The fourth-order valence-corrected chi connectivity index (χ4v) is 5.32. The zero-order valence-corrected chi connectivity index (χ0v) is 31.7. The van der Waals surface area contributed by atoms with Gasteiger partial charge in [0.2, 0.25) is 5.95 Å². The number of carboxylic acid groups (broad SMARTS) is 3. The number of anilines is 4. The van der Waals surface area contributed by atoms with E-state index in [1.807, 2.05) is 29.3 Å². The molecule has 0 radical (unpaired) electrons. The quantitative estimate of drug-likeness (QED) is 0.121. The topological polar surface area (TPSA) is 217 Å². The number of benzene rings is 1. The largest absolute Gasteiger partial charge is 0.493 e. The standard InChI is InChI=1S/C30H30ClN7O2.3C2HF3O2/c31-26-19-34-30-36-25-14-21(16-33-18-25)3-4-22-15-24(35-28(26)37-30)5-6-27(22)40-13-9-20-7-11-38(12-8-20)29(39)23-2-1-10-32-17-23;3*3-2(4,5)1(6)7/h1-2,5-6,10,14-20H,3-4,7-9,11-13H2,(H2,34,35,36,37);3*(H,6,7). The maximum Gasteiger partial charge on any atom is 0.490 e. The molecule has 0 aliphatic carbocycles. The summed E-state index contributed by atoms with van der Waals surface area (Å²) in [5.41, 5.74) is 4.56. The van der Waals surface area contributed by atoms with Gasteiger partial charge in [-0.1, -0.05) is 11.6 Å². The summed E-state index contributed by atoms with van der Waals surface area (Å²) < 4.78 is 102. The highest BCUT2D eigenvalue weighted by Gasteiger charge is 2.39. The van der Waals surface area contributed by atoms with Gasteiger partial charge >= 0.3 is 36.4 Å². The highest BCUT2D eigenvalue weighted by molar-refractivity contribution is 6.32. The van der Waals surface area contributed by atoms with Gasteiger partial charge in [-0.3, -0.25) is 14.8 Å². The first-order chi connectivity index (χ1) is 28.4. The Morgan fingerprint density at radius 1 is 0.770 bits per heavy atom. The number of amides is 1. The molecule has 1 aromatic carbocycles. The van der Waals surface area contributed by atoms with Crippen molar-refractivity contribution in [2.24, 2.45) is 5.92 Å². The van der Waals surface area contributed by atoms with E-state index in [1.54, 1.807) is 30.9 Å². The third kappa shape index (κ3) is 16.6. The van der Waals surface area contributed by atoms with Gasteiger partial charge in [0.1, 0.15) is 10.8 Å². The van der Waals surface area contributed by atoms with Crippen molar-refractivity contribution in [2.75, 3.05) is 30.3 Å². The van der Waals surface area contributed by atoms with E-state index in [1.165, 1.54) is 0 Å². The maximum atomic E-state index is 12.7. The molecular weight excluding hydrogens is 865 g/mol. The summed E-state index contributed by atoms with van der Waals surface area (Å²) in [5.74, 6) is -5.84. The van der Waals surface area contributed by atoms with E-state index in [0.717, 1.165) is 73.4 Å². The van der Waals surface area contributed by atoms with Crippen LogP contribution in [0, 0.1) is 5.92 Å².